The number of nitrogens with zero attached hydrogens (tertiary/aromatic N) is 3. The van der Waals surface area contributed by atoms with Crippen LogP contribution in [0.5, 0.6) is 0 Å². The molecule has 4 aromatic rings. The Morgan fingerprint density at radius 3 is 1.87 bits per heavy atom. The van der Waals surface area contributed by atoms with Gasteiger partial charge in [0.1, 0.15) is 0 Å². The summed E-state index contributed by atoms with van der Waals surface area (Å²) in [5, 5.41) is 14.4. The van der Waals surface area contributed by atoms with Crippen molar-refractivity contribution in [3.63, 3.8) is 0 Å². The molecule has 2 aliphatic rings. The number of aromatic amines is 1. The minimum absolute atomic E-state index is 0.0892. The Bertz CT molecular complexity index is 1370. The van der Waals surface area contributed by atoms with Crippen molar-refractivity contribution in [1.29, 1.82) is 0 Å². The fourth-order valence-electron chi connectivity index (χ4n) is 4.34. The predicted octanol–water partition coefficient (Wildman–Crippen LogP) is 3.57. The van der Waals surface area contributed by atoms with E-state index in [0.29, 0.717) is 17.2 Å². The number of nitrogens with one attached hydrogen (secondary N) is 1. The van der Waals surface area contributed by atoms with Gasteiger partial charge in [0.15, 0.2) is 0 Å². The minimum Gasteiger partial charge on any atom is -0.320 e. The molecule has 0 amide bonds. The molecule has 2 aromatic carbocycles. The average Bonchev–Trinajstić information content (AvgIpc) is 2.72. The Labute approximate surface area is 178 Å². The van der Waals surface area contributed by atoms with E-state index < -0.39 is 0 Å². The van der Waals surface area contributed by atoms with Gasteiger partial charge in [-0.1, -0.05) is 49.2 Å². The summed E-state index contributed by atoms with van der Waals surface area (Å²) < 4.78 is 0. The molecule has 7 heteroatoms. The molecule has 0 bridgehead atoms. The van der Waals surface area contributed by atoms with E-state index in [1.54, 1.807) is 0 Å². The van der Waals surface area contributed by atoms with Crippen molar-refractivity contribution in [3.8, 4) is 0 Å². The smallest absolute Gasteiger partial charge is 0.293 e. The summed E-state index contributed by atoms with van der Waals surface area (Å²) in [6.45, 7) is 0. The van der Waals surface area contributed by atoms with Gasteiger partial charge in [-0.25, -0.2) is 5.10 Å². The van der Waals surface area contributed by atoms with Gasteiger partial charge >= 0.3 is 0 Å². The van der Waals surface area contributed by atoms with Crippen LogP contribution >= 0.6 is 0 Å². The molecule has 0 atom stereocenters. The quantitative estimate of drug-likeness (QED) is 0.487. The third kappa shape index (κ3) is 3.50. The highest BCUT2D eigenvalue weighted by Gasteiger charge is 2.24. The first-order valence-electron chi connectivity index (χ1n) is 10.9. The fourth-order valence-corrected chi connectivity index (χ4v) is 4.34. The number of benzene rings is 2. The van der Waals surface area contributed by atoms with E-state index in [9.17, 15) is 9.59 Å². The van der Waals surface area contributed by atoms with Gasteiger partial charge in [-0.05, 0) is 37.8 Å². The van der Waals surface area contributed by atoms with Crippen LogP contribution in [0, 0.1) is 0 Å². The topological polar surface area (TPSA) is 107 Å². The Morgan fingerprint density at radius 1 is 0.774 bits per heavy atom. The van der Waals surface area contributed by atoms with Crippen molar-refractivity contribution in [2.75, 3.05) is 5.84 Å². The molecule has 0 spiro atoms. The van der Waals surface area contributed by atoms with Crippen LogP contribution in [0.4, 0.5) is 0 Å². The van der Waals surface area contributed by atoms with Crippen LogP contribution in [0.1, 0.15) is 61.7 Å². The van der Waals surface area contributed by atoms with Crippen LogP contribution in [0.2, 0.25) is 0 Å². The second kappa shape index (κ2) is 7.98. The summed E-state index contributed by atoms with van der Waals surface area (Å²) in [5.41, 5.74) is 1.73. The highest BCUT2D eigenvalue weighted by atomic mass is 16.1. The molecule has 0 saturated heterocycles. The van der Waals surface area contributed by atoms with E-state index in [1.807, 2.05) is 48.5 Å². The third-order valence-corrected chi connectivity index (χ3v) is 6.57. The number of nitrogen functional groups attached to an aromatic ring is 1. The molecule has 0 aliphatic heterocycles. The van der Waals surface area contributed by atoms with Crippen LogP contribution in [-0.2, 0) is 0 Å². The predicted molar refractivity (Wildman–Crippen MR) is 122 cm³/mol. The maximum Gasteiger partial charge on any atom is 0.293 e. The van der Waals surface area contributed by atoms with Gasteiger partial charge in [0, 0.05) is 22.6 Å². The largest absolute Gasteiger partial charge is 0.320 e. The van der Waals surface area contributed by atoms with Crippen LogP contribution in [-0.4, -0.2) is 20.1 Å². The van der Waals surface area contributed by atoms with Gasteiger partial charge in [-0.2, -0.15) is 10.2 Å². The first-order chi connectivity index (χ1) is 15.1. The number of aromatic nitrogens is 4. The van der Waals surface area contributed by atoms with Gasteiger partial charge in [-0.15, -0.1) is 4.79 Å². The van der Waals surface area contributed by atoms with E-state index in [1.165, 1.54) is 25.7 Å². The van der Waals surface area contributed by atoms with Crippen molar-refractivity contribution in [2.45, 2.75) is 50.4 Å². The molecular weight excluding hydrogens is 390 g/mol. The summed E-state index contributed by atoms with van der Waals surface area (Å²) in [7, 11) is 0. The first-order valence-corrected chi connectivity index (χ1v) is 10.9. The van der Waals surface area contributed by atoms with E-state index >= 15 is 0 Å². The number of rotatable bonds is 2. The van der Waals surface area contributed by atoms with E-state index in [2.05, 4.69) is 15.3 Å². The lowest BCUT2D eigenvalue weighted by Gasteiger charge is -2.25. The van der Waals surface area contributed by atoms with Gasteiger partial charge in [-0.3, -0.25) is 9.59 Å². The molecule has 0 unspecified atom stereocenters. The van der Waals surface area contributed by atoms with Crippen molar-refractivity contribution >= 4 is 21.5 Å². The molecular formula is C24H25N5O2. The van der Waals surface area contributed by atoms with Crippen molar-refractivity contribution < 1.29 is 0 Å². The summed E-state index contributed by atoms with van der Waals surface area (Å²) in [6, 6.07) is 15.3. The Hall–Kier alpha value is -3.48. The van der Waals surface area contributed by atoms with Crippen molar-refractivity contribution in [3.05, 3.63) is 80.6 Å². The zero-order valence-electron chi connectivity index (χ0n) is 17.3. The molecule has 2 aliphatic carbocycles. The highest BCUT2D eigenvalue weighted by Crippen LogP contribution is 2.38. The van der Waals surface area contributed by atoms with Gasteiger partial charge in [0.25, 0.3) is 11.1 Å². The molecule has 2 fully saturated rings. The second-order valence-electron chi connectivity index (χ2n) is 8.42. The fraction of sp³-hybridized carbons (Fsp3) is 0.333. The minimum atomic E-state index is -0.223. The molecule has 2 aromatic heterocycles. The van der Waals surface area contributed by atoms with Crippen LogP contribution < -0.4 is 17.0 Å². The molecule has 2 heterocycles. The molecule has 3 N–H and O–H groups in total. The summed E-state index contributed by atoms with van der Waals surface area (Å²) >= 11 is 0. The third-order valence-electron chi connectivity index (χ3n) is 6.57. The van der Waals surface area contributed by atoms with Crippen molar-refractivity contribution in [2.24, 2.45) is 0 Å². The standard InChI is InChI=1S/C12H13N3O.C12H12N2O/c13-15-12(16)10-7-2-1-6-9(10)11(14-15)8-4-3-5-8;15-12-10-7-2-1-6-9(10)11(13-14-12)8-4-3-5-8/h1-2,6-8H,3-5,13H2;1-2,6-8H,3-5H2,(H,14,15). The van der Waals surface area contributed by atoms with E-state index in [0.717, 1.165) is 45.2 Å². The Balaban J connectivity index is 0.000000132. The second-order valence-corrected chi connectivity index (χ2v) is 8.42. The maximum atomic E-state index is 11.8. The van der Waals surface area contributed by atoms with Crippen LogP contribution in [0.25, 0.3) is 21.5 Å². The lowest BCUT2D eigenvalue weighted by atomic mass is 9.81. The van der Waals surface area contributed by atoms with E-state index in [-0.39, 0.29) is 11.1 Å². The monoisotopic (exact) mass is 415 g/mol. The summed E-state index contributed by atoms with van der Waals surface area (Å²) in [4.78, 5) is 24.3. The molecule has 31 heavy (non-hydrogen) atoms. The van der Waals surface area contributed by atoms with E-state index in [4.69, 9.17) is 5.84 Å². The number of H-pyrrole nitrogens is 1. The van der Waals surface area contributed by atoms with Gasteiger partial charge in [0.05, 0.1) is 22.2 Å². The Kier molecular flexibility index (Phi) is 5.02. The molecule has 7 nitrogen and oxygen atoms in total. The molecule has 2 saturated carbocycles. The summed E-state index contributed by atoms with van der Waals surface area (Å²) in [5.74, 6) is 6.62. The summed E-state index contributed by atoms with van der Waals surface area (Å²) in [6.07, 6.45) is 7.21. The van der Waals surface area contributed by atoms with Gasteiger partial charge in [0.2, 0.25) is 0 Å². The number of hydrogen-bond donors (Lipinski definition) is 2. The first kappa shape index (κ1) is 19.5. The molecule has 0 radical (unpaired) electrons. The lowest BCUT2D eigenvalue weighted by Crippen LogP contribution is -2.32. The lowest BCUT2D eigenvalue weighted by molar-refractivity contribution is 0.407. The zero-order valence-corrected chi connectivity index (χ0v) is 17.3. The van der Waals surface area contributed by atoms with Crippen LogP contribution in [0.3, 0.4) is 0 Å². The zero-order chi connectivity index (χ0) is 21.4. The molecule has 6 rings (SSSR count). The molecule has 158 valence electrons. The normalized spacial score (nSPS) is 16.4. The SMILES string of the molecule is Nn1nc(C2CCC2)c2ccccc2c1=O.O=c1[nH]nc(C2CCC2)c2ccccc12. The number of nitrogens with two attached hydrogens (primary N) is 1. The van der Waals surface area contributed by atoms with Crippen molar-refractivity contribution in [1.82, 2.24) is 20.1 Å². The number of fused-ring (bicyclic) bond motifs is 2. The Morgan fingerprint density at radius 2 is 1.29 bits per heavy atom. The average molecular weight is 415 g/mol. The van der Waals surface area contributed by atoms with Crippen LogP contribution in [0.15, 0.2) is 58.1 Å². The maximum absolute atomic E-state index is 11.8. The van der Waals surface area contributed by atoms with Gasteiger partial charge < -0.3 is 5.84 Å². The number of hydrogen-bond acceptors (Lipinski definition) is 5. The highest BCUT2D eigenvalue weighted by molar-refractivity contribution is 5.84.